The molecule has 0 unspecified atom stereocenters. The molecule has 0 aliphatic carbocycles. The van der Waals surface area contributed by atoms with Crippen molar-refractivity contribution in [3.8, 4) is 0 Å². The molecular weight excluding hydrogens is 971 g/mol. The second kappa shape index (κ2) is 39.5. The summed E-state index contributed by atoms with van der Waals surface area (Å²) >= 11 is 12.6. The van der Waals surface area contributed by atoms with Crippen molar-refractivity contribution in [2.75, 3.05) is 0 Å². The molecule has 0 spiro atoms. The van der Waals surface area contributed by atoms with Crippen LogP contribution in [0.1, 0.15) is 123 Å². The Morgan fingerprint density at radius 3 is 1.12 bits per heavy atom. The van der Waals surface area contributed by atoms with Crippen LogP contribution in [0.3, 0.4) is 0 Å². The van der Waals surface area contributed by atoms with E-state index >= 15 is 0 Å². The van der Waals surface area contributed by atoms with Gasteiger partial charge in [-0.1, -0.05) is 121 Å². The Morgan fingerprint density at radius 1 is 0.394 bits per heavy atom. The van der Waals surface area contributed by atoms with Crippen molar-refractivity contribution in [1.29, 1.82) is 0 Å². The molecule has 366 valence electrons. The average Bonchev–Trinajstić information content (AvgIpc) is 3.20. The van der Waals surface area contributed by atoms with E-state index in [1.165, 1.54) is 38.4 Å². The normalized spacial score (nSPS) is 8.64. The molecular formula is C56H84Br2ClFN6. The van der Waals surface area contributed by atoms with Gasteiger partial charge in [-0.05, 0) is 205 Å². The SMILES string of the molecule is C.C.C.C.C.C.Cc1ccc(C)c(Br)c1.Cc1ccc(C)c(Br)n1.Cc1ccc(C)c(Cl)c1.Cc1ccc(C)c(F)c1.Cc1ccc(C)nc1.Cc1ccc(C)nn1.Cc1cnc(C)nc1. The van der Waals surface area contributed by atoms with Crippen LogP contribution in [0.4, 0.5) is 4.39 Å². The van der Waals surface area contributed by atoms with Crippen LogP contribution >= 0.6 is 43.5 Å². The molecule has 10 heteroatoms. The molecule has 4 heterocycles. The molecule has 3 aromatic carbocycles. The van der Waals surface area contributed by atoms with Crippen molar-refractivity contribution in [1.82, 2.24) is 30.1 Å². The minimum Gasteiger partial charge on any atom is -0.261 e. The smallest absolute Gasteiger partial charge is 0.126 e. The fourth-order valence-corrected chi connectivity index (χ4v) is 5.29. The number of rotatable bonds is 0. The number of nitrogens with zero attached hydrogens (tertiary/aromatic N) is 6. The molecule has 66 heavy (non-hydrogen) atoms. The zero-order valence-corrected chi connectivity index (χ0v) is 41.5. The molecule has 0 fully saturated rings. The average molecular weight is 1060 g/mol. The summed E-state index contributed by atoms with van der Waals surface area (Å²) in [5.41, 5.74) is 14.2. The van der Waals surface area contributed by atoms with Crippen LogP contribution in [-0.2, 0) is 0 Å². The maximum absolute atomic E-state index is 12.6. The van der Waals surface area contributed by atoms with Crippen LogP contribution in [0.2, 0.25) is 5.02 Å². The van der Waals surface area contributed by atoms with E-state index in [9.17, 15) is 4.39 Å². The zero-order chi connectivity index (χ0) is 45.4. The summed E-state index contributed by atoms with van der Waals surface area (Å²) in [6, 6.07) is 29.6. The van der Waals surface area contributed by atoms with Gasteiger partial charge in [-0.2, -0.15) is 10.2 Å². The number of benzene rings is 3. The number of aryl methyl sites for hydroxylation is 14. The van der Waals surface area contributed by atoms with Gasteiger partial charge in [0.25, 0.3) is 0 Å². The topological polar surface area (TPSA) is 77.3 Å². The molecule has 0 amide bonds. The fraction of sp³-hybridized carbons (Fsp3) is 0.357. The van der Waals surface area contributed by atoms with Gasteiger partial charge in [-0.25, -0.2) is 19.3 Å². The lowest BCUT2D eigenvalue weighted by atomic mass is 10.2. The monoisotopic (exact) mass is 1050 g/mol. The van der Waals surface area contributed by atoms with Crippen molar-refractivity contribution >= 4 is 43.5 Å². The lowest BCUT2D eigenvalue weighted by Crippen LogP contribution is -1.86. The van der Waals surface area contributed by atoms with Crippen LogP contribution in [0, 0.1) is 103 Å². The van der Waals surface area contributed by atoms with Gasteiger partial charge in [-0.15, -0.1) is 0 Å². The van der Waals surface area contributed by atoms with Crippen molar-refractivity contribution in [2.24, 2.45) is 0 Å². The summed E-state index contributed by atoms with van der Waals surface area (Å²) in [6.07, 6.45) is 5.49. The third-order valence-electron chi connectivity index (χ3n) is 8.06. The van der Waals surface area contributed by atoms with Crippen LogP contribution in [0.15, 0.2) is 119 Å². The van der Waals surface area contributed by atoms with E-state index in [4.69, 9.17) is 11.6 Å². The first-order chi connectivity index (χ1) is 28.2. The summed E-state index contributed by atoms with van der Waals surface area (Å²) in [5.74, 6) is 0.714. The van der Waals surface area contributed by atoms with Crippen molar-refractivity contribution < 1.29 is 4.39 Å². The molecule has 0 aliphatic heterocycles. The first-order valence-corrected chi connectivity index (χ1v) is 21.3. The highest BCUT2D eigenvalue weighted by molar-refractivity contribution is 9.10. The Morgan fingerprint density at radius 2 is 0.788 bits per heavy atom. The second-order valence-corrected chi connectivity index (χ2v) is 16.4. The summed E-state index contributed by atoms with van der Waals surface area (Å²) in [6.45, 7) is 27.6. The van der Waals surface area contributed by atoms with E-state index in [-0.39, 0.29) is 50.4 Å². The van der Waals surface area contributed by atoms with E-state index in [0.29, 0.717) is 5.56 Å². The van der Waals surface area contributed by atoms with Gasteiger partial charge in [0.05, 0.1) is 11.4 Å². The van der Waals surface area contributed by atoms with Gasteiger partial charge < -0.3 is 0 Å². The van der Waals surface area contributed by atoms with Crippen molar-refractivity contribution in [2.45, 2.75) is 141 Å². The van der Waals surface area contributed by atoms with Crippen LogP contribution in [0.5, 0.6) is 0 Å². The molecule has 4 aromatic heterocycles. The standard InChI is InChI=1S/C8H9Br.C8H9Cl.C8H9F.C7H8BrN.C7H9N.2C6H8N2.6CH4/c3*1-6-3-4-7(2)8(9)5-6;1-5-3-4-6(2)9-7(5)8;1-6-3-4-7(2)8-5-6;1-5-3-7-6(2)8-4-5;1-5-3-4-6(2)8-7-5;;;;;;/h3*3-5H,1-2H3;3-4H,1-2H3;3-5H,1-2H3;2*3-4H,1-2H3;6*1H4. The van der Waals surface area contributed by atoms with Gasteiger partial charge >= 0.3 is 0 Å². The number of halogens is 4. The number of pyridine rings is 2. The minimum absolute atomic E-state index is 0. The van der Waals surface area contributed by atoms with E-state index in [1.807, 2.05) is 143 Å². The number of hydrogen-bond acceptors (Lipinski definition) is 6. The maximum atomic E-state index is 12.6. The molecule has 0 N–H and O–H groups in total. The predicted octanol–water partition coefficient (Wildman–Crippen LogP) is 18.6. The quantitative estimate of drug-likeness (QED) is 0.141. The maximum Gasteiger partial charge on any atom is 0.126 e. The summed E-state index contributed by atoms with van der Waals surface area (Å²) < 4.78 is 14.7. The second-order valence-electron chi connectivity index (χ2n) is 14.4. The number of hydrogen-bond donors (Lipinski definition) is 0. The number of aromatic nitrogens is 6. The van der Waals surface area contributed by atoms with Crippen LogP contribution in [0.25, 0.3) is 0 Å². The zero-order valence-electron chi connectivity index (χ0n) is 37.6. The molecule has 0 saturated heterocycles. The van der Waals surface area contributed by atoms with Gasteiger partial charge in [0.15, 0.2) is 0 Å². The van der Waals surface area contributed by atoms with Crippen LogP contribution in [-0.4, -0.2) is 30.1 Å². The largest absolute Gasteiger partial charge is 0.261 e. The van der Waals surface area contributed by atoms with E-state index in [1.54, 1.807) is 13.0 Å². The Kier molecular flexibility index (Phi) is 43.6. The third-order valence-corrected chi connectivity index (χ3v) is 10.1. The molecule has 7 aromatic rings. The molecule has 0 bridgehead atoms. The van der Waals surface area contributed by atoms with Gasteiger partial charge in [0, 0.05) is 39.5 Å². The lowest BCUT2D eigenvalue weighted by molar-refractivity contribution is 0.617. The molecule has 0 saturated carbocycles. The predicted molar refractivity (Wildman–Crippen MR) is 299 cm³/mol. The van der Waals surface area contributed by atoms with E-state index in [2.05, 4.69) is 106 Å². The Balaban J connectivity index is -0.000000157. The fourth-order valence-electron chi connectivity index (χ4n) is 4.15. The van der Waals surface area contributed by atoms with E-state index in [0.717, 1.165) is 54.9 Å². The van der Waals surface area contributed by atoms with E-state index < -0.39 is 0 Å². The van der Waals surface area contributed by atoms with Gasteiger partial charge in [-0.3, -0.25) is 4.98 Å². The minimum atomic E-state index is -0.116. The highest BCUT2D eigenvalue weighted by Crippen LogP contribution is 2.17. The highest BCUT2D eigenvalue weighted by Gasteiger charge is 1.95. The first kappa shape index (κ1) is 72.9. The highest BCUT2D eigenvalue weighted by atomic mass is 79.9. The molecule has 6 nitrogen and oxygen atoms in total. The summed E-state index contributed by atoms with van der Waals surface area (Å²) in [5, 5.41) is 8.51. The summed E-state index contributed by atoms with van der Waals surface area (Å²) in [7, 11) is 0. The molecule has 0 aliphatic rings. The summed E-state index contributed by atoms with van der Waals surface area (Å²) in [4.78, 5) is 16.2. The Bertz CT molecular complexity index is 1940. The first-order valence-electron chi connectivity index (χ1n) is 19.4. The van der Waals surface area contributed by atoms with Crippen molar-refractivity contribution in [3.63, 3.8) is 0 Å². The molecule has 0 radical (unpaired) electrons. The van der Waals surface area contributed by atoms with Crippen LogP contribution < -0.4 is 0 Å². The van der Waals surface area contributed by atoms with Gasteiger partial charge in [0.2, 0.25) is 0 Å². The molecule has 0 atom stereocenters. The van der Waals surface area contributed by atoms with Crippen molar-refractivity contribution in [3.05, 3.63) is 208 Å². The van der Waals surface area contributed by atoms with Gasteiger partial charge in [0.1, 0.15) is 16.2 Å². The Hall–Kier alpha value is -4.70. The third kappa shape index (κ3) is 33.7. The Labute approximate surface area is 425 Å². The molecule has 7 rings (SSSR count). The lowest BCUT2D eigenvalue weighted by Gasteiger charge is -1.96.